The van der Waals surface area contributed by atoms with Crippen molar-refractivity contribution in [1.82, 2.24) is 5.32 Å². The molecule has 0 aliphatic carbocycles. The summed E-state index contributed by atoms with van der Waals surface area (Å²) in [7, 11) is 0. The third-order valence-electron chi connectivity index (χ3n) is 4.55. The summed E-state index contributed by atoms with van der Waals surface area (Å²) in [5.41, 5.74) is 4.65. The van der Waals surface area contributed by atoms with E-state index in [1.165, 1.54) is 36.3 Å². The molecule has 0 amide bonds. The highest BCUT2D eigenvalue weighted by atomic mass is 15.2. The molecular weight excluding hydrogens is 244 g/mol. The van der Waals surface area contributed by atoms with Crippen LogP contribution in [0, 0.1) is 18.3 Å². The van der Waals surface area contributed by atoms with Crippen molar-refractivity contribution in [2.75, 3.05) is 24.5 Å². The molecule has 20 heavy (non-hydrogen) atoms. The number of aryl methyl sites for hydroxylation is 1. The Kier molecular flexibility index (Phi) is 4.74. The molecule has 1 N–H and O–H groups in total. The van der Waals surface area contributed by atoms with E-state index < -0.39 is 0 Å². The van der Waals surface area contributed by atoms with E-state index in [4.69, 9.17) is 0 Å². The van der Waals surface area contributed by atoms with Gasteiger partial charge in [-0.2, -0.15) is 0 Å². The first-order chi connectivity index (χ1) is 9.41. The van der Waals surface area contributed by atoms with Crippen molar-refractivity contribution in [3.8, 4) is 0 Å². The summed E-state index contributed by atoms with van der Waals surface area (Å²) in [6.45, 7) is 15.9. The van der Waals surface area contributed by atoms with Crippen LogP contribution >= 0.6 is 0 Å². The highest BCUT2D eigenvalue weighted by Gasteiger charge is 2.32. The van der Waals surface area contributed by atoms with Crippen LogP contribution in [-0.4, -0.2) is 19.6 Å². The fraction of sp³-hybridized carbons (Fsp3) is 0.667. The lowest BCUT2D eigenvalue weighted by atomic mass is 9.80. The fourth-order valence-corrected chi connectivity index (χ4v) is 3.11. The van der Waals surface area contributed by atoms with E-state index in [-0.39, 0.29) is 0 Å². The van der Waals surface area contributed by atoms with Gasteiger partial charge in [-0.05, 0) is 42.9 Å². The Bertz CT molecular complexity index is 445. The van der Waals surface area contributed by atoms with Crippen molar-refractivity contribution in [3.05, 3.63) is 29.3 Å². The predicted molar refractivity (Wildman–Crippen MR) is 88.3 cm³/mol. The van der Waals surface area contributed by atoms with Crippen molar-refractivity contribution in [1.29, 1.82) is 0 Å². The molecule has 1 aliphatic rings. The maximum Gasteiger partial charge on any atom is 0.0412 e. The van der Waals surface area contributed by atoms with Gasteiger partial charge in [0.1, 0.15) is 0 Å². The van der Waals surface area contributed by atoms with Crippen LogP contribution in [0.1, 0.15) is 45.2 Å². The minimum Gasteiger partial charge on any atom is -0.371 e. The number of rotatable bonds is 4. The SMILES string of the molecule is CCNCc1cc(C)ccc1N1CCC(C(C)(C)C)C1. The molecule has 1 atom stereocenters. The third kappa shape index (κ3) is 3.54. The molecule has 0 aromatic heterocycles. The average Bonchev–Trinajstić information content (AvgIpc) is 2.85. The van der Waals surface area contributed by atoms with Gasteiger partial charge in [-0.15, -0.1) is 0 Å². The van der Waals surface area contributed by atoms with Crippen molar-refractivity contribution < 1.29 is 0 Å². The van der Waals surface area contributed by atoms with E-state index in [0.717, 1.165) is 19.0 Å². The third-order valence-corrected chi connectivity index (χ3v) is 4.55. The van der Waals surface area contributed by atoms with Gasteiger partial charge in [-0.3, -0.25) is 0 Å². The summed E-state index contributed by atoms with van der Waals surface area (Å²) in [6, 6.07) is 6.89. The van der Waals surface area contributed by atoms with Gasteiger partial charge in [0.05, 0.1) is 0 Å². The zero-order valence-corrected chi connectivity index (χ0v) is 13.8. The molecule has 1 aromatic rings. The van der Waals surface area contributed by atoms with E-state index in [2.05, 4.69) is 63.0 Å². The lowest BCUT2D eigenvalue weighted by molar-refractivity contribution is 0.263. The van der Waals surface area contributed by atoms with Crippen molar-refractivity contribution in [2.45, 2.75) is 47.6 Å². The lowest BCUT2D eigenvalue weighted by Gasteiger charge is -2.28. The normalized spacial score (nSPS) is 19.6. The second kappa shape index (κ2) is 6.17. The molecular formula is C18H30N2. The number of nitrogens with zero attached hydrogens (tertiary/aromatic N) is 1. The smallest absolute Gasteiger partial charge is 0.0412 e. The summed E-state index contributed by atoms with van der Waals surface area (Å²) in [5, 5.41) is 3.47. The number of hydrogen-bond donors (Lipinski definition) is 1. The van der Waals surface area contributed by atoms with Gasteiger partial charge in [0.2, 0.25) is 0 Å². The zero-order chi connectivity index (χ0) is 14.8. The summed E-state index contributed by atoms with van der Waals surface area (Å²) in [6.07, 6.45) is 1.32. The molecule has 2 heteroatoms. The van der Waals surface area contributed by atoms with Crippen LogP contribution < -0.4 is 10.2 Å². The van der Waals surface area contributed by atoms with E-state index in [1.54, 1.807) is 0 Å². The van der Waals surface area contributed by atoms with Crippen LogP contribution in [0.4, 0.5) is 5.69 Å². The van der Waals surface area contributed by atoms with Crippen molar-refractivity contribution in [3.63, 3.8) is 0 Å². The Morgan fingerprint density at radius 1 is 1.30 bits per heavy atom. The Morgan fingerprint density at radius 2 is 2.05 bits per heavy atom. The molecule has 1 unspecified atom stereocenters. The largest absolute Gasteiger partial charge is 0.371 e. The van der Waals surface area contributed by atoms with Crippen LogP contribution in [0.25, 0.3) is 0 Å². The van der Waals surface area contributed by atoms with Gasteiger partial charge in [-0.1, -0.05) is 45.4 Å². The van der Waals surface area contributed by atoms with E-state index >= 15 is 0 Å². The quantitative estimate of drug-likeness (QED) is 0.893. The number of nitrogens with one attached hydrogen (secondary N) is 1. The average molecular weight is 274 g/mol. The molecule has 1 aromatic carbocycles. The maximum atomic E-state index is 3.47. The molecule has 1 saturated heterocycles. The topological polar surface area (TPSA) is 15.3 Å². The standard InChI is InChI=1S/C18H30N2/c1-6-19-12-15-11-14(2)7-8-17(15)20-10-9-16(13-20)18(3,4)5/h7-8,11,16,19H,6,9-10,12-13H2,1-5H3. The fourth-order valence-electron chi connectivity index (χ4n) is 3.11. The first-order valence-electron chi connectivity index (χ1n) is 7.97. The van der Waals surface area contributed by atoms with Gasteiger partial charge in [-0.25, -0.2) is 0 Å². The van der Waals surface area contributed by atoms with Crippen molar-refractivity contribution in [2.24, 2.45) is 11.3 Å². The second-order valence-electron chi connectivity index (χ2n) is 7.21. The minimum atomic E-state index is 0.418. The Hall–Kier alpha value is -1.02. The Balaban J connectivity index is 2.16. The number of hydrogen-bond acceptors (Lipinski definition) is 2. The molecule has 0 radical (unpaired) electrons. The molecule has 2 nitrogen and oxygen atoms in total. The van der Waals surface area contributed by atoms with E-state index in [0.29, 0.717) is 5.41 Å². The number of benzene rings is 1. The number of anilines is 1. The molecule has 112 valence electrons. The van der Waals surface area contributed by atoms with Gasteiger partial charge in [0.25, 0.3) is 0 Å². The highest BCUT2D eigenvalue weighted by Crippen LogP contribution is 2.36. The highest BCUT2D eigenvalue weighted by molar-refractivity contribution is 5.55. The van der Waals surface area contributed by atoms with Crippen molar-refractivity contribution >= 4 is 5.69 Å². The van der Waals surface area contributed by atoms with Gasteiger partial charge < -0.3 is 10.2 Å². The van der Waals surface area contributed by atoms with Crippen LogP contribution in [0.15, 0.2) is 18.2 Å². The predicted octanol–water partition coefficient (Wildman–Crippen LogP) is 3.98. The monoisotopic (exact) mass is 274 g/mol. The summed E-state index contributed by atoms with van der Waals surface area (Å²) >= 11 is 0. The van der Waals surface area contributed by atoms with Crippen LogP contribution in [0.5, 0.6) is 0 Å². The minimum absolute atomic E-state index is 0.418. The molecule has 0 spiro atoms. The van der Waals surface area contributed by atoms with Crippen LogP contribution in [0.3, 0.4) is 0 Å². The molecule has 0 bridgehead atoms. The van der Waals surface area contributed by atoms with E-state index in [9.17, 15) is 0 Å². The lowest BCUT2D eigenvalue weighted by Crippen LogP contribution is -2.27. The Morgan fingerprint density at radius 3 is 2.65 bits per heavy atom. The van der Waals surface area contributed by atoms with E-state index in [1.807, 2.05) is 0 Å². The first-order valence-corrected chi connectivity index (χ1v) is 7.97. The zero-order valence-electron chi connectivity index (χ0n) is 13.8. The molecule has 1 aliphatic heterocycles. The van der Waals surface area contributed by atoms with Gasteiger partial charge >= 0.3 is 0 Å². The summed E-state index contributed by atoms with van der Waals surface area (Å²) < 4.78 is 0. The molecule has 1 fully saturated rings. The summed E-state index contributed by atoms with van der Waals surface area (Å²) in [4.78, 5) is 2.59. The van der Waals surface area contributed by atoms with Gasteiger partial charge in [0, 0.05) is 25.3 Å². The molecule has 1 heterocycles. The second-order valence-corrected chi connectivity index (χ2v) is 7.21. The summed E-state index contributed by atoms with van der Waals surface area (Å²) in [5.74, 6) is 0.802. The molecule has 2 rings (SSSR count). The van der Waals surface area contributed by atoms with Crippen LogP contribution in [0.2, 0.25) is 0 Å². The molecule has 0 saturated carbocycles. The van der Waals surface area contributed by atoms with Crippen LogP contribution in [-0.2, 0) is 6.54 Å². The Labute approximate surface area is 124 Å². The van der Waals surface area contributed by atoms with Gasteiger partial charge in [0.15, 0.2) is 0 Å². The maximum absolute atomic E-state index is 3.47. The first kappa shape index (κ1) is 15.4.